The minimum Gasteiger partial charge on any atom is -0.393 e. The molecule has 5 nitrogen and oxygen atoms in total. The summed E-state index contributed by atoms with van der Waals surface area (Å²) in [5.41, 5.74) is 2.19. The first-order valence-electron chi connectivity index (χ1n) is 11.3. The van der Waals surface area contributed by atoms with Gasteiger partial charge in [0.05, 0.1) is 18.3 Å². The second-order valence-electron chi connectivity index (χ2n) is 8.97. The molecule has 1 saturated heterocycles. The molecule has 0 bridgehead atoms. The first kappa shape index (κ1) is 22.0. The lowest BCUT2D eigenvalue weighted by Gasteiger charge is -2.39. The Morgan fingerprint density at radius 3 is 2.48 bits per heavy atom. The zero-order chi connectivity index (χ0) is 21.7. The van der Waals surface area contributed by atoms with Crippen LogP contribution < -0.4 is 5.32 Å². The predicted octanol–water partition coefficient (Wildman–Crippen LogP) is 3.77. The van der Waals surface area contributed by atoms with Crippen LogP contribution in [0.15, 0.2) is 60.7 Å². The molecule has 166 valence electrons. The Bertz CT molecular complexity index is 843. The Morgan fingerprint density at radius 1 is 1.10 bits per heavy atom. The van der Waals surface area contributed by atoms with Gasteiger partial charge in [0.15, 0.2) is 0 Å². The summed E-state index contributed by atoms with van der Waals surface area (Å²) in [6.45, 7) is 0.632. The number of ether oxygens (including phenoxy) is 2. The highest BCUT2D eigenvalue weighted by atomic mass is 16.5. The van der Waals surface area contributed by atoms with Crippen LogP contribution in [0.3, 0.4) is 0 Å². The van der Waals surface area contributed by atoms with Crippen molar-refractivity contribution in [3.8, 4) is 0 Å². The number of nitrogens with one attached hydrogen (secondary N) is 1. The van der Waals surface area contributed by atoms with Gasteiger partial charge in [-0.25, -0.2) is 0 Å². The largest absolute Gasteiger partial charge is 0.393 e. The van der Waals surface area contributed by atoms with Gasteiger partial charge in [-0.1, -0.05) is 60.7 Å². The van der Waals surface area contributed by atoms with Crippen LogP contribution in [0, 0.1) is 5.92 Å². The van der Waals surface area contributed by atoms with Crippen LogP contribution in [0.5, 0.6) is 0 Å². The Hall–Kier alpha value is -2.21. The van der Waals surface area contributed by atoms with Crippen LogP contribution in [-0.2, 0) is 19.7 Å². The van der Waals surface area contributed by atoms with Crippen molar-refractivity contribution < 1.29 is 19.4 Å². The summed E-state index contributed by atoms with van der Waals surface area (Å²) < 4.78 is 11.5. The minimum absolute atomic E-state index is 0.0224. The maximum absolute atomic E-state index is 12.1. The van der Waals surface area contributed by atoms with E-state index in [1.165, 1.54) is 12.7 Å². The third-order valence-electron chi connectivity index (χ3n) is 7.09. The Kier molecular flexibility index (Phi) is 7.06. The van der Waals surface area contributed by atoms with Gasteiger partial charge in [0.2, 0.25) is 5.91 Å². The number of methoxy groups -OCH3 is 1. The van der Waals surface area contributed by atoms with Crippen molar-refractivity contribution in [1.29, 1.82) is 0 Å². The van der Waals surface area contributed by atoms with Gasteiger partial charge in [-0.15, -0.1) is 0 Å². The fourth-order valence-corrected chi connectivity index (χ4v) is 5.35. The topological polar surface area (TPSA) is 67.8 Å². The van der Waals surface area contributed by atoms with Crippen molar-refractivity contribution >= 4 is 5.91 Å². The van der Waals surface area contributed by atoms with E-state index in [2.05, 4.69) is 41.7 Å². The van der Waals surface area contributed by atoms with Crippen molar-refractivity contribution in [2.45, 2.75) is 55.8 Å². The fourth-order valence-electron chi connectivity index (χ4n) is 5.35. The van der Waals surface area contributed by atoms with E-state index in [4.69, 9.17) is 9.47 Å². The summed E-state index contributed by atoms with van der Waals surface area (Å²) in [7, 11) is 1.53. The number of hydrogen-bond acceptors (Lipinski definition) is 4. The number of aliphatic hydroxyl groups is 1. The maximum atomic E-state index is 12.1. The molecule has 31 heavy (non-hydrogen) atoms. The van der Waals surface area contributed by atoms with Crippen LogP contribution in [-0.4, -0.2) is 43.5 Å². The normalized spacial score (nSPS) is 30.8. The molecule has 2 fully saturated rings. The molecule has 2 aromatic rings. The van der Waals surface area contributed by atoms with E-state index in [9.17, 15) is 9.90 Å². The first-order chi connectivity index (χ1) is 15.1. The summed E-state index contributed by atoms with van der Waals surface area (Å²) in [6, 6.07) is 20.6. The van der Waals surface area contributed by atoms with Crippen molar-refractivity contribution in [2.75, 3.05) is 20.3 Å². The molecule has 1 heterocycles. The molecule has 2 aliphatic rings. The molecule has 0 aromatic heterocycles. The lowest BCUT2D eigenvalue weighted by atomic mass is 9.74. The van der Waals surface area contributed by atoms with Crippen molar-refractivity contribution in [1.82, 2.24) is 5.32 Å². The zero-order valence-electron chi connectivity index (χ0n) is 18.2. The number of carbonyl (C=O) groups excluding carboxylic acids is 1. The summed E-state index contributed by atoms with van der Waals surface area (Å²) in [5, 5.41) is 14.1. The molecule has 5 atom stereocenters. The number of hydrogen-bond donors (Lipinski definition) is 2. The van der Waals surface area contributed by atoms with Crippen LogP contribution in [0.2, 0.25) is 0 Å². The molecule has 1 saturated carbocycles. The molecule has 1 aliphatic heterocycles. The Balaban J connectivity index is 1.54. The minimum atomic E-state index is -0.376. The van der Waals surface area contributed by atoms with Gasteiger partial charge >= 0.3 is 0 Å². The third kappa shape index (κ3) is 5.00. The first-order valence-corrected chi connectivity index (χ1v) is 11.3. The van der Waals surface area contributed by atoms with Gasteiger partial charge in [-0.2, -0.15) is 0 Å². The van der Waals surface area contributed by atoms with Crippen LogP contribution in [0.1, 0.15) is 49.3 Å². The second kappa shape index (κ2) is 9.94. The fraction of sp³-hybridized carbons (Fsp3) is 0.500. The summed E-state index contributed by atoms with van der Waals surface area (Å²) in [6.07, 6.45) is 3.76. The van der Waals surface area contributed by atoms with Crippen LogP contribution in [0.25, 0.3) is 0 Å². The zero-order valence-corrected chi connectivity index (χ0v) is 18.2. The van der Waals surface area contributed by atoms with Gasteiger partial charge in [0.25, 0.3) is 0 Å². The van der Waals surface area contributed by atoms with Crippen molar-refractivity contribution in [2.24, 2.45) is 5.92 Å². The van der Waals surface area contributed by atoms with Crippen LogP contribution in [0.4, 0.5) is 0 Å². The predicted molar refractivity (Wildman–Crippen MR) is 120 cm³/mol. The van der Waals surface area contributed by atoms with E-state index in [0.717, 1.165) is 31.2 Å². The lowest BCUT2D eigenvalue weighted by Crippen LogP contribution is -2.42. The van der Waals surface area contributed by atoms with E-state index < -0.39 is 0 Å². The molecule has 4 rings (SSSR count). The highest BCUT2D eigenvalue weighted by Crippen LogP contribution is 2.46. The maximum Gasteiger partial charge on any atom is 0.246 e. The summed E-state index contributed by atoms with van der Waals surface area (Å²) in [5.74, 6) is 0.0279. The van der Waals surface area contributed by atoms with Crippen molar-refractivity contribution in [3.05, 3.63) is 71.8 Å². The molecule has 2 N–H and O–H groups in total. The smallest absolute Gasteiger partial charge is 0.246 e. The monoisotopic (exact) mass is 423 g/mol. The number of fused-ring (bicyclic) bond motifs is 1. The van der Waals surface area contributed by atoms with E-state index in [1.54, 1.807) is 0 Å². The number of amides is 1. The molecule has 1 aliphatic carbocycles. The summed E-state index contributed by atoms with van der Waals surface area (Å²) in [4.78, 5) is 12.1. The standard InChI is InChI=1S/C26H33NO4/c1-30-17-25(29)27-18-26(20-10-6-3-7-11-20)14-12-21-22(28)16-24(31-23(21)13-15-26)19-8-4-2-5-9-19/h2-11,21-24,28H,12-18H2,1H3,(H,27,29)/t21-,22+,23+,24+,26+/m1/s1. The molecule has 5 heteroatoms. The van der Waals surface area contributed by atoms with E-state index >= 15 is 0 Å². The van der Waals surface area contributed by atoms with Crippen LogP contribution >= 0.6 is 0 Å². The molecular weight excluding hydrogens is 390 g/mol. The van der Waals surface area contributed by atoms with Crippen molar-refractivity contribution in [3.63, 3.8) is 0 Å². The number of rotatable bonds is 6. The number of aliphatic hydroxyl groups excluding tert-OH is 1. The molecule has 2 aromatic carbocycles. The van der Waals surface area contributed by atoms with Gasteiger partial charge in [-0.05, 0) is 36.8 Å². The Labute approximate surface area is 184 Å². The molecule has 0 unspecified atom stereocenters. The highest BCUT2D eigenvalue weighted by Gasteiger charge is 2.44. The average Bonchev–Trinajstić information content (AvgIpc) is 3.00. The van der Waals surface area contributed by atoms with E-state index in [-0.39, 0.29) is 42.2 Å². The van der Waals surface area contributed by atoms with E-state index in [0.29, 0.717) is 13.0 Å². The molecule has 0 radical (unpaired) electrons. The number of carbonyl (C=O) groups is 1. The van der Waals surface area contributed by atoms with Gasteiger partial charge in [-0.3, -0.25) is 4.79 Å². The number of benzene rings is 2. The third-order valence-corrected chi connectivity index (χ3v) is 7.09. The quantitative estimate of drug-likeness (QED) is 0.742. The van der Waals surface area contributed by atoms with Gasteiger partial charge in [0, 0.05) is 31.4 Å². The van der Waals surface area contributed by atoms with Gasteiger partial charge < -0.3 is 19.9 Å². The highest BCUT2D eigenvalue weighted by molar-refractivity contribution is 5.77. The lowest BCUT2D eigenvalue weighted by molar-refractivity contribution is -0.139. The molecule has 0 spiro atoms. The Morgan fingerprint density at radius 2 is 1.77 bits per heavy atom. The molecular formula is C26H33NO4. The summed E-state index contributed by atoms with van der Waals surface area (Å²) >= 11 is 0. The SMILES string of the molecule is COCC(=O)NC[C@]1(c2ccccc2)CC[C@H]2[C@H](CC1)O[C@H](c1ccccc1)C[C@@H]2O. The average molecular weight is 424 g/mol. The van der Waals surface area contributed by atoms with E-state index in [1.807, 2.05) is 24.3 Å². The second-order valence-corrected chi connectivity index (χ2v) is 8.97. The molecule has 1 amide bonds. The van der Waals surface area contributed by atoms with Gasteiger partial charge in [0.1, 0.15) is 6.61 Å².